The molecule has 1 unspecified atom stereocenters. The second-order valence-electron chi connectivity index (χ2n) is 5.31. The van der Waals surface area contributed by atoms with Gasteiger partial charge in [-0.3, -0.25) is 0 Å². The van der Waals surface area contributed by atoms with Gasteiger partial charge in [-0.15, -0.1) is 0 Å². The van der Waals surface area contributed by atoms with Gasteiger partial charge < -0.3 is 5.32 Å². The molecule has 3 rings (SSSR count). The zero-order valence-corrected chi connectivity index (χ0v) is 14.5. The van der Waals surface area contributed by atoms with E-state index in [1.807, 2.05) is 0 Å². The van der Waals surface area contributed by atoms with Gasteiger partial charge in [-0.1, -0.05) is 62.2 Å². The van der Waals surface area contributed by atoms with E-state index < -0.39 is 0 Å². The Balaban J connectivity index is 1.81. The van der Waals surface area contributed by atoms with Gasteiger partial charge in [-0.05, 0) is 48.6 Å². The van der Waals surface area contributed by atoms with Gasteiger partial charge in [0.2, 0.25) is 0 Å². The fourth-order valence-electron chi connectivity index (χ4n) is 3.00. The maximum absolute atomic E-state index is 3.77. The van der Waals surface area contributed by atoms with E-state index in [1.54, 1.807) is 0 Å². The lowest BCUT2D eigenvalue weighted by atomic mass is 10.0. The van der Waals surface area contributed by atoms with Crippen LogP contribution in [0.4, 0.5) is 0 Å². The molecule has 0 heterocycles. The Morgan fingerprint density at radius 3 is 2.60 bits per heavy atom. The summed E-state index contributed by atoms with van der Waals surface area (Å²) in [6.45, 7) is 2.23. The summed E-state index contributed by atoms with van der Waals surface area (Å²) >= 11 is 7.30. The smallest absolute Gasteiger partial charge is 0.0332 e. The fraction of sp³-hybridized carbons (Fsp3) is 0.294. The number of fused-ring (bicyclic) bond motifs is 1. The lowest BCUT2D eigenvalue weighted by Gasteiger charge is -2.21. The first-order valence-electron chi connectivity index (χ1n) is 6.94. The van der Waals surface area contributed by atoms with Crippen LogP contribution in [0.3, 0.4) is 0 Å². The molecule has 0 saturated carbocycles. The van der Waals surface area contributed by atoms with E-state index in [4.69, 9.17) is 0 Å². The number of benzene rings is 2. The van der Waals surface area contributed by atoms with Crippen molar-refractivity contribution in [2.75, 3.05) is 0 Å². The van der Waals surface area contributed by atoms with Crippen molar-refractivity contribution in [1.82, 2.24) is 5.32 Å². The Hall–Kier alpha value is -0.640. The molecule has 20 heavy (non-hydrogen) atoms. The minimum absolute atomic E-state index is 0.334. The van der Waals surface area contributed by atoms with Crippen molar-refractivity contribution in [2.45, 2.75) is 31.8 Å². The van der Waals surface area contributed by atoms with E-state index in [2.05, 4.69) is 86.6 Å². The molecule has 0 bridgehead atoms. The maximum atomic E-state index is 3.77. The normalized spacial score (nSPS) is 18.9. The Morgan fingerprint density at radius 1 is 1.05 bits per heavy atom. The van der Waals surface area contributed by atoms with Gasteiger partial charge in [0.1, 0.15) is 0 Å². The lowest BCUT2D eigenvalue weighted by Crippen LogP contribution is -2.23. The van der Waals surface area contributed by atoms with Gasteiger partial charge in [-0.2, -0.15) is 0 Å². The van der Waals surface area contributed by atoms with Crippen LogP contribution < -0.4 is 5.32 Å². The molecule has 0 saturated heterocycles. The summed E-state index contributed by atoms with van der Waals surface area (Å²) in [4.78, 5) is 0. The van der Waals surface area contributed by atoms with E-state index in [9.17, 15) is 0 Å². The Morgan fingerprint density at radius 2 is 1.80 bits per heavy atom. The molecule has 1 aliphatic carbocycles. The number of halogens is 2. The average Bonchev–Trinajstić information content (AvgIpc) is 2.84. The van der Waals surface area contributed by atoms with Crippen molar-refractivity contribution in [3.8, 4) is 0 Å². The van der Waals surface area contributed by atoms with Crippen molar-refractivity contribution in [2.24, 2.45) is 0 Å². The van der Waals surface area contributed by atoms with Crippen LogP contribution in [0.1, 0.15) is 42.1 Å². The molecule has 0 fully saturated rings. The fourth-order valence-corrected chi connectivity index (χ4v) is 4.21. The Kier molecular flexibility index (Phi) is 4.29. The van der Waals surface area contributed by atoms with E-state index in [1.165, 1.54) is 32.1 Å². The van der Waals surface area contributed by atoms with E-state index in [0.29, 0.717) is 12.1 Å². The molecule has 0 aliphatic heterocycles. The highest BCUT2D eigenvalue weighted by Gasteiger charge is 2.25. The van der Waals surface area contributed by atoms with Crippen LogP contribution in [-0.2, 0) is 6.42 Å². The van der Waals surface area contributed by atoms with Crippen LogP contribution in [-0.4, -0.2) is 0 Å². The molecular formula is C17H17Br2N. The van der Waals surface area contributed by atoms with Gasteiger partial charge in [-0.25, -0.2) is 0 Å². The third-order valence-corrected chi connectivity index (χ3v) is 5.50. The first-order chi connectivity index (χ1) is 9.66. The highest BCUT2D eigenvalue weighted by Crippen LogP contribution is 2.37. The second-order valence-corrected chi connectivity index (χ2v) is 7.02. The number of hydrogen-bond acceptors (Lipinski definition) is 1. The molecule has 0 radical (unpaired) electrons. The quantitative estimate of drug-likeness (QED) is 0.719. The van der Waals surface area contributed by atoms with Crippen LogP contribution in [0.25, 0.3) is 0 Å². The highest BCUT2D eigenvalue weighted by atomic mass is 79.9. The van der Waals surface area contributed by atoms with Gasteiger partial charge >= 0.3 is 0 Å². The van der Waals surface area contributed by atoms with Gasteiger partial charge in [0, 0.05) is 21.0 Å². The SMILES string of the molecule is C[C@H](NC1CCc2c(Br)cccc21)c1ccccc1Br. The predicted octanol–water partition coefficient (Wildman–Crippen LogP) is 5.55. The summed E-state index contributed by atoms with van der Waals surface area (Å²) in [7, 11) is 0. The second kappa shape index (κ2) is 6.00. The monoisotopic (exact) mass is 393 g/mol. The van der Waals surface area contributed by atoms with E-state index in [-0.39, 0.29) is 0 Å². The molecule has 1 N–H and O–H groups in total. The first kappa shape index (κ1) is 14.3. The summed E-state index contributed by atoms with van der Waals surface area (Å²) in [5.41, 5.74) is 4.22. The molecule has 2 aromatic carbocycles. The first-order valence-corrected chi connectivity index (χ1v) is 8.53. The number of rotatable bonds is 3. The minimum Gasteiger partial charge on any atom is -0.303 e. The molecular weight excluding hydrogens is 378 g/mol. The maximum Gasteiger partial charge on any atom is 0.0332 e. The number of nitrogens with one attached hydrogen (secondary N) is 1. The third-order valence-electron chi connectivity index (χ3n) is 4.04. The zero-order chi connectivity index (χ0) is 14.1. The largest absolute Gasteiger partial charge is 0.303 e. The molecule has 104 valence electrons. The van der Waals surface area contributed by atoms with E-state index >= 15 is 0 Å². The van der Waals surface area contributed by atoms with Crippen LogP contribution in [0.5, 0.6) is 0 Å². The van der Waals surface area contributed by atoms with Crippen molar-refractivity contribution in [1.29, 1.82) is 0 Å². The van der Waals surface area contributed by atoms with Crippen LogP contribution in [0.2, 0.25) is 0 Å². The summed E-state index contributed by atoms with van der Waals surface area (Å²) < 4.78 is 2.42. The third kappa shape index (κ3) is 2.72. The van der Waals surface area contributed by atoms with Crippen LogP contribution in [0.15, 0.2) is 51.4 Å². The molecule has 1 aliphatic rings. The summed E-state index contributed by atoms with van der Waals surface area (Å²) in [6.07, 6.45) is 2.32. The summed E-state index contributed by atoms with van der Waals surface area (Å²) in [6, 6.07) is 15.7. The molecule has 2 atom stereocenters. The number of hydrogen-bond donors (Lipinski definition) is 1. The Bertz CT molecular complexity index is 624. The van der Waals surface area contributed by atoms with Crippen LogP contribution in [0, 0.1) is 0 Å². The molecule has 0 aromatic heterocycles. The van der Waals surface area contributed by atoms with Gasteiger partial charge in [0.15, 0.2) is 0 Å². The molecule has 1 nitrogen and oxygen atoms in total. The minimum atomic E-state index is 0.334. The van der Waals surface area contributed by atoms with Crippen molar-refractivity contribution >= 4 is 31.9 Å². The summed E-state index contributed by atoms with van der Waals surface area (Å²) in [5.74, 6) is 0. The molecule has 0 spiro atoms. The average molecular weight is 395 g/mol. The Labute approximate surface area is 137 Å². The molecule has 2 aromatic rings. The predicted molar refractivity (Wildman–Crippen MR) is 90.9 cm³/mol. The van der Waals surface area contributed by atoms with Gasteiger partial charge in [0.05, 0.1) is 0 Å². The molecule has 0 amide bonds. The van der Waals surface area contributed by atoms with E-state index in [0.717, 1.165) is 6.42 Å². The summed E-state index contributed by atoms with van der Waals surface area (Å²) in [5, 5.41) is 3.77. The topological polar surface area (TPSA) is 12.0 Å². The van der Waals surface area contributed by atoms with Crippen LogP contribution >= 0.6 is 31.9 Å². The van der Waals surface area contributed by atoms with Crippen molar-refractivity contribution < 1.29 is 0 Å². The lowest BCUT2D eigenvalue weighted by molar-refractivity contribution is 0.464. The van der Waals surface area contributed by atoms with Gasteiger partial charge in [0.25, 0.3) is 0 Å². The van der Waals surface area contributed by atoms with Crippen molar-refractivity contribution in [3.63, 3.8) is 0 Å². The molecule has 3 heteroatoms. The van der Waals surface area contributed by atoms with Crippen molar-refractivity contribution in [3.05, 3.63) is 68.1 Å². The standard InChI is InChI=1S/C17H17Br2N/c1-11(12-5-2-3-7-15(12)18)20-17-10-9-13-14(17)6-4-8-16(13)19/h2-8,11,17,20H,9-10H2,1H3/t11-,17?/m0/s1. The zero-order valence-electron chi connectivity index (χ0n) is 11.4. The highest BCUT2D eigenvalue weighted by molar-refractivity contribution is 9.10.